The molecule has 1 heterocycles. The Kier molecular flexibility index (Phi) is 3.26. The Hall–Kier alpha value is -0.160. The summed E-state index contributed by atoms with van der Waals surface area (Å²) in [5, 5.41) is 8.82. The lowest BCUT2D eigenvalue weighted by atomic mass is 10.3. The second kappa shape index (κ2) is 4.01. The molecule has 0 bridgehead atoms. The van der Waals surface area contributed by atoms with Gasteiger partial charge in [-0.05, 0) is 27.6 Å². The summed E-state index contributed by atoms with van der Waals surface area (Å²) in [5.41, 5.74) is 2.90. The Morgan fingerprint density at radius 1 is 1.73 bits per heavy atom. The molecule has 1 aromatic heterocycles. The van der Waals surface area contributed by atoms with Gasteiger partial charge in [0.1, 0.15) is 5.15 Å². The lowest BCUT2D eigenvalue weighted by Crippen LogP contribution is -2.06. The molecule has 0 aliphatic carbocycles. The van der Waals surface area contributed by atoms with Crippen molar-refractivity contribution < 1.29 is 5.21 Å². The third-order valence-corrected chi connectivity index (χ3v) is 2.09. The van der Waals surface area contributed by atoms with Gasteiger partial charge in [0.2, 0.25) is 0 Å². The van der Waals surface area contributed by atoms with Gasteiger partial charge in [-0.25, -0.2) is 10.5 Å². The number of hydrogen-bond acceptors (Lipinski definition) is 3. The van der Waals surface area contributed by atoms with E-state index in [4.69, 9.17) is 16.8 Å². The maximum Gasteiger partial charge on any atom is 0.129 e. The van der Waals surface area contributed by atoms with Crippen LogP contribution in [-0.4, -0.2) is 10.2 Å². The smallest absolute Gasteiger partial charge is 0.129 e. The maximum absolute atomic E-state index is 8.40. The van der Waals surface area contributed by atoms with Gasteiger partial charge in [-0.15, -0.1) is 0 Å². The highest BCUT2D eigenvalue weighted by atomic mass is 79.9. The molecule has 0 aliphatic rings. The fraction of sp³-hybridized carbons (Fsp3) is 0.167. The van der Waals surface area contributed by atoms with Gasteiger partial charge in [-0.2, -0.15) is 0 Å². The topological polar surface area (TPSA) is 45.1 Å². The molecule has 60 valence electrons. The first kappa shape index (κ1) is 8.93. The summed E-state index contributed by atoms with van der Waals surface area (Å²) in [6, 6.07) is 1.68. The SMILES string of the molecule is ONCc1cc(Cl)ncc1Br. The number of nitrogens with one attached hydrogen (secondary N) is 1. The molecule has 2 N–H and O–H groups in total. The number of rotatable bonds is 2. The van der Waals surface area contributed by atoms with Crippen LogP contribution in [0, 0.1) is 0 Å². The van der Waals surface area contributed by atoms with Crippen molar-refractivity contribution in [2.24, 2.45) is 0 Å². The monoisotopic (exact) mass is 236 g/mol. The van der Waals surface area contributed by atoms with E-state index in [1.165, 1.54) is 0 Å². The van der Waals surface area contributed by atoms with Crippen LogP contribution in [-0.2, 0) is 6.54 Å². The summed E-state index contributed by atoms with van der Waals surface area (Å²) in [6.07, 6.45) is 1.59. The average molecular weight is 237 g/mol. The van der Waals surface area contributed by atoms with Crippen LogP contribution in [0.25, 0.3) is 0 Å². The number of halogens is 2. The zero-order chi connectivity index (χ0) is 8.27. The molecule has 5 heteroatoms. The Morgan fingerprint density at radius 2 is 2.45 bits per heavy atom. The van der Waals surface area contributed by atoms with E-state index in [9.17, 15) is 0 Å². The molecular formula is C6H6BrClN2O. The van der Waals surface area contributed by atoms with Crippen molar-refractivity contribution in [2.45, 2.75) is 6.54 Å². The zero-order valence-electron chi connectivity index (χ0n) is 5.51. The van der Waals surface area contributed by atoms with Crippen LogP contribution in [0.2, 0.25) is 5.15 Å². The first-order valence-electron chi connectivity index (χ1n) is 2.91. The minimum absolute atomic E-state index is 0.350. The molecule has 0 atom stereocenters. The van der Waals surface area contributed by atoms with E-state index >= 15 is 0 Å². The van der Waals surface area contributed by atoms with Crippen molar-refractivity contribution in [3.8, 4) is 0 Å². The molecule has 1 rings (SSSR count). The van der Waals surface area contributed by atoms with Crippen molar-refractivity contribution in [1.82, 2.24) is 10.5 Å². The van der Waals surface area contributed by atoms with E-state index in [0.717, 1.165) is 10.0 Å². The predicted octanol–water partition coefficient (Wildman–Crippen LogP) is 1.98. The molecule has 0 saturated heterocycles. The molecule has 0 unspecified atom stereocenters. The fourth-order valence-corrected chi connectivity index (χ4v) is 1.21. The second-order valence-corrected chi connectivity index (χ2v) is 3.17. The quantitative estimate of drug-likeness (QED) is 0.611. The van der Waals surface area contributed by atoms with E-state index in [2.05, 4.69) is 20.9 Å². The molecule has 0 fully saturated rings. The number of hydrogen-bond donors (Lipinski definition) is 2. The van der Waals surface area contributed by atoms with Crippen LogP contribution in [0.3, 0.4) is 0 Å². The van der Waals surface area contributed by atoms with E-state index in [0.29, 0.717) is 11.7 Å². The summed E-state index contributed by atoms with van der Waals surface area (Å²) >= 11 is 8.87. The molecule has 0 radical (unpaired) electrons. The highest BCUT2D eigenvalue weighted by molar-refractivity contribution is 9.10. The van der Waals surface area contributed by atoms with Gasteiger partial charge in [0.25, 0.3) is 0 Å². The highest BCUT2D eigenvalue weighted by Crippen LogP contribution is 2.17. The molecule has 0 aromatic carbocycles. The predicted molar refractivity (Wildman–Crippen MR) is 45.6 cm³/mol. The zero-order valence-corrected chi connectivity index (χ0v) is 7.85. The highest BCUT2D eigenvalue weighted by Gasteiger charge is 1.99. The van der Waals surface area contributed by atoms with Crippen LogP contribution in [0.5, 0.6) is 0 Å². The molecule has 0 saturated carbocycles. The number of nitrogens with zero attached hydrogens (tertiary/aromatic N) is 1. The van der Waals surface area contributed by atoms with Crippen molar-refractivity contribution in [2.75, 3.05) is 0 Å². The Balaban J connectivity index is 2.93. The normalized spacial score (nSPS) is 10.1. The fourth-order valence-electron chi connectivity index (χ4n) is 0.672. The lowest BCUT2D eigenvalue weighted by molar-refractivity contribution is 0.161. The maximum atomic E-state index is 8.40. The Bertz CT molecular complexity index is 256. The molecule has 0 aliphatic heterocycles. The summed E-state index contributed by atoms with van der Waals surface area (Å²) in [4.78, 5) is 3.83. The van der Waals surface area contributed by atoms with Crippen molar-refractivity contribution >= 4 is 27.5 Å². The van der Waals surface area contributed by atoms with E-state index < -0.39 is 0 Å². The van der Waals surface area contributed by atoms with Gasteiger partial charge in [0.05, 0.1) is 0 Å². The molecule has 11 heavy (non-hydrogen) atoms. The summed E-state index contributed by atoms with van der Waals surface area (Å²) in [7, 11) is 0. The molecule has 3 nitrogen and oxygen atoms in total. The standard InChI is InChI=1S/C6H6BrClN2O/c7-5-3-9-6(8)1-4(5)2-10-11/h1,3,10-11H,2H2. The summed E-state index contributed by atoms with van der Waals surface area (Å²) in [6.45, 7) is 0.350. The van der Waals surface area contributed by atoms with Crippen molar-refractivity contribution in [3.05, 3.63) is 27.5 Å². The molecule has 1 aromatic rings. The summed E-state index contributed by atoms with van der Waals surface area (Å²) in [5.74, 6) is 0. The molecular weight excluding hydrogens is 231 g/mol. The number of hydroxylamine groups is 1. The lowest BCUT2D eigenvalue weighted by Gasteiger charge is -2.01. The van der Waals surface area contributed by atoms with E-state index in [-0.39, 0.29) is 0 Å². The van der Waals surface area contributed by atoms with E-state index in [1.807, 2.05) is 5.48 Å². The first-order chi connectivity index (χ1) is 5.24. The third-order valence-electron chi connectivity index (χ3n) is 1.17. The first-order valence-corrected chi connectivity index (χ1v) is 4.08. The minimum atomic E-state index is 0.350. The van der Waals surface area contributed by atoms with Gasteiger partial charge >= 0.3 is 0 Å². The Morgan fingerprint density at radius 3 is 3.09 bits per heavy atom. The van der Waals surface area contributed by atoms with Gasteiger partial charge in [-0.3, -0.25) is 0 Å². The Labute approximate surface area is 77.5 Å². The van der Waals surface area contributed by atoms with Crippen molar-refractivity contribution in [1.29, 1.82) is 0 Å². The van der Waals surface area contributed by atoms with Crippen LogP contribution in [0.1, 0.15) is 5.56 Å². The van der Waals surface area contributed by atoms with Crippen LogP contribution >= 0.6 is 27.5 Å². The van der Waals surface area contributed by atoms with Gasteiger partial charge in [0, 0.05) is 17.2 Å². The third kappa shape index (κ3) is 2.41. The van der Waals surface area contributed by atoms with E-state index in [1.54, 1.807) is 12.3 Å². The largest absolute Gasteiger partial charge is 0.316 e. The van der Waals surface area contributed by atoms with Gasteiger partial charge in [0.15, 0.2) is 0 Å². The summed E-state index contributed by atoms with van der Waals surface area (Å²) < 4.78 is 0.823. The average Bonchev–Trinajstić information content (AvgIpc) is 1.98. The number of aromatic nitrogens is 1. The van der Waals surface area contributed by atoms with Crippen LogP contribution in [0.15, 0.2) is 16.7 Å². The molecule has 0 amide bonds. The van der Waals surface area contributed by atoms with Gasteiger partial charge < -0.3 is 5.21 Å². The van der Waals surface area contributed by atoms with Crippen molar-refractivity contribution in [3.63, 3.8) is 0 Å². The number of pyridine rings is 1. The molecule has 0 spiro atoms. The van der Waals surface area contributed by atoms with Crippen LogP contribution < -0.4 is 5.48 Å². The minimum Gasteiger partial charge on any atom is -0.316 e. The second-order valence-electron chi connectivity index (χ2n) is 1.93. The van der Waals surface area contributed by atoms with Crippen LogP contribution in [0.4, 0.5) is 0 Å². The van der Waals surface area contributed by atoms with Gasteiger partial charge in [-0.1, -0.05) is 11.6 Å².